The number of hydrogen-bond acceptors (Lipinski definition) is 7. The first kappa shape index (κ1) is 20.1. The van der Waals surface area contributed by atoms with E-state index in [0.717, 1.165) is 25.4 Å². The topological polar surface area (TPSA) is 92.1 Å². The maximum absolute atomic E-state index is 13.8. The molecule has 0 bridgehead atoms. The summed E-state index contributed by atoms with van der Waals surface area (Å²) in [5, 5.41) is 8.03. The Balaban J connectivity index is 1.82. The van der Waals surface area contributed by atoms with Crippen molar-refractivity contribution in [3.05, 3.63) is 30.4 Å². The number of aromatic nitrogens is 5. The van der Waals surface area contributed by atoms with E-state index in [0.29, 0.717) is 23.2 Å². The number of carbonyl (C=O) groups is 1. The van der Waals surface area contributed by atoms with Crippen molar-refractivity contribution in [2.75, 3.05) is 37.4 Å². The summed E-state index contributed by atoms with van der Waals surface area (Å²) < 4.78 is 29.0. The minimum atomic E-state index is -3.18. The van der Waals surface area contributed by atoms with Crippen molar-refractivity contribution in [1.82, 2.24) is 29.6 Å². The average molecular weight is 416 g/mol. The van der Waals surface area contributed by atoms with Gasteiger partial charge in [-0.2, -0.15) is 8.78 Å². The van der Waals surface area contributed by atoms with Gasteiger partial charge in [-0.15, -0.1) is 5.10 Å². The molecule has 0 spiro atoms. The van der Waals surface area contributed by atoms with Crippen molar-refractivity contribution < 1.29 is 13.6 Å². The lowest BCUT2D eigenvalue weighted by Gasteiger charge is -2.43. The van der Waals surface area contributed by atoms with Gasteiger partial charge in [-0.05, 0) is 14.1 Å². The zero-order chi connectivity index (χ0) is 21.6. The monoisotopic (exact) mass is 416 g/mol. The summed E-state index contributed by atoms with van der Waals surface area (Å²) in [6.45, 7) is 3.71. The van der Waals surface area contributed by atoms with Crippen molar-refractivity contribution in [1.29, 1.82) is 0 Å². The van der Waals surface area contributed by atoms with Crippen LogP contribution in [0.4, 0.5) is 20.4 Å². The number of nitrogens with zero attached hydrogens (tertiary/aromatic N) is 7. The van der Waals surface area contributed by atoms with Crippen LogP contribution >= 0.6 is 0 Å². The van der Waals surface area contributed by atoms with Crippen LogP contribution in [0.3, 0.4) is 0 Å². The van der Waals surface area contributed by atoms with E-state index in [2.05, 4.69) is 35.2 Å². The third kappa shape index (κ3) is 3.67. The highest BCUT2D eigenvalue weighted by molar-refractivity contribution is 5.95. The van der Waals surface area contributed by atoms with Gasteiger partial charge in [0.2, 0.25) is 11.7 Å². The van der Waals surface area contributed by atoms with Crippen LogP contribution in [0.15, 0.2) is 24.5 Å². The number of anilines is 2. The van der Waals surface area contributed by atoms with Crippen LogP contribution in [-0.4, -0.2) is 68.8 Å². The minimum Gasteiger partial charge on any atom is -0.351 e. The van der Waals surface area contributed by atoms with Gasteiger partial charge < -0.3 is 15.1 Å². The van der Waals surface area contributed by atoms with Crippen molar-refractivity contribution in [2.24, 2.45) is 0 Å². The molecular weight excluding hydrogens is 394 g/mol. The Bertz CT molecular complexity index is 1100. The summed E-state index contributed by atoms with van der Waals surface area (Å²) in [4.78, 5) is 27.7. The lowest BCUT2D eigenvalue weighted by Crippen LogP contribution is -2.57. The van der Waals surface area contributed by atoms with E-state index < -0.39 is 11.7 Å². The fourth-order valence-electron chi connectivity index (χ4n) is 3.29. The molecule has 158 valence electrons. The highest BCUT2D eigenvalue weighted by atomic mass is 19.3. The number of alkyl halides is 2. The minimum absolute atomic E-state index is 0.211. The molecule has 4 rings (SSSR count). The van der Waals surface area contributed by atoms with E-state index in [-0.39, 0.29) is 11.7 Å². The Hall–Kier alpha value is -3.21. The number of halogens is 2. The van der Waals surface area contributed by atoms with Crippen LogP contribution in [-0.2, 0) is 10.7 Å². The Labute approximate surface area is 171 Å². The van der Waals surface area contributed by atoms with Gasteiger partial charge in [0.1, 0.15) is 5.82 Å². The second-order valence-corrected chi connectivity index (χ2v) is 7.65. The third-order valence-corrected chi connectivity index (χ3v) is 4.99. The third-order valence-electron chi connectivity index (χ3n) is 4.99. The molecule has 11 heteroatoms. The number of pyridine rings is 1. The van der Waals surface area contributed by atoms with Crippen molar-refractivity contribution in [3.63, 3.8) is 0 Å². The Morgan fingerprint density at radius 2 is 2.03 bits per heavy atom. The highest BCUT2D eigenvalue weighted by Crippen LogP contribution is 2.32. The van der Waals surface area contributed by atoms with E-state index in [1.54, 1.807) is 12.3 Å². The molecule has 30 heavy (non-hydrogen) atoms. The Morgan fingerprint density at radius 1 is 1.30 bits per heavy atom. The normalized spacial score (nSPS) is 15.0. The standard InChI is InChI=1S/C19H22F2N8O/c1-11(30)24-15-7-14-13(8-23-15)17(28-9-12(10-28)27(3)4)26-29(14)16-5-6-22-18(25-16)19(2,20)21/h5-8,12H,9-10H2,1-4H3,(H,23,24,30). The van der Waals surface area contributed by atoms with Gasteiger partial charge in [0.05, 0.1) is 10.9 Å². The molecular formula is C19H22F2N8O. The van der Waals surface area contributed by atoms with Gasteiger partial charge in [0, 0.05) is 57.5 Å². The molecule has 0 saturated carbocycles. The Morgan fingerprint density at radius 3 is 2.67 bits per heavy atom. The number of carbonyl (C=O) groups excluding carboxylic acids is 1. The largest absolute Gasteiger partial charge is 0.351 e. The molecule has 3 aromatic heterocycles. The van der Waals surface area contributed by atoms with Gasteiger partial charge in [-0.25, -0.2) is 19.6 Å². The molecule has 1 amide bonds. The van der Waals surface area contributed by atoms with E-state index in [9.17, 15) is 13.6 Å². The number of likely N-dealkylation sites (N-methyl/N-ethyl adjacent to an activating group) is 1. The molecule has 0 aliphatic carbocycles. The van der Waals surface area contributed by atoms with Crippen LogP contribution in [0.25, 0.3) is 16.7 Å². The number of amides is 1. The molecule has 9 nitrogen and oxygen atoms in total. The summed E-state index contributed by atoms with van der Waals surface area (Å²) >= 11 is 0. The molecule has 0 aromatic carbocycles. The van der Waals surface area contributed by atoms with Gasteiger partial charge in [-0.1, -0.05) is 0 Å². The molecule has 0 radical (unpaired) electrons. The first-order valence-corrected chi connectivity index (χ1v) is 9.43. The quantitative estimate of drug-likeness (QED) is 0.680. The lowest BCUT2D eigenvalue weighted by atomic mass is 10.1. The summed E-state index contributed by atoms with van der Waals surface area (Å²) in [6.07, 6.45) is 2.91. The Kier molecular flexibility index (Phi) is 4.85. The fraction of sp³-hybridized carbons (Fsp3) is 0.421. The van der Waals surface area contributed by atoms with Crippen LogP contribution in [0, 0.1) is 0 Å². The summed E-state index contributed by atoms with van der Waals surface area (Å²) in [5.74, 6) is -2.79. The maximum atomic E-state index is 13.8. The molecule has 0 unspecified atom stereocenters. The summed E-state index contributed by atoms with van der Waals surface area (Å²) in [7, 11) is 4.04. The van der Waals surface area contributed by atoms with Crippen molar-refractivity contribution in [2.45, 2.75) is 25.8 Å². The second kappa shape index (κ2) is 7.24. The van der Waals surface area contributed by atoms with Crippen molar-refractivity contribution >= 4 is 28.4 Å². The van der Waals surface area contributed by atoms with Crippen LogP contribution < -0.4 is 10.2 Å². The predicted molar refractivity (Wildman–Crippen MR) is 108 cm³/mol. The maximum Gasteiger partial charge on any atom is 0.303 e. The lowest BCUT2D eigenvalue weighted by molar-refractivity contribution is -0.114. The smallest absolute Gasteiger partial charge is 0.303 e. The second-order valence-electron chi connectivity index (χ2n) is 7.65. The number of nitrogens with one attached hydrogen (secondary N) is 1. The molecule has 1 saturated heterocycles. The van der Waals surface area contributed by atoms with E-state index in [1.165, 1.54) is 23.9 Å². The van der Waals surface area contributed by atoms with E-state index in [1.807, 2.05) is 14.1 Å². The number of rotatable bonds is 5. The van der Waals surface area contributed by atoms with Gasteiger partial charge >= 0.3 is 5.92 Å². The summed E-state index contributed by atoms with van der Waals surface area (Å²) in [5.41, 5.74) is 0.598. The SMILES string of the molecule is CC(=O)Nc1cc2c(cn1)c(N1CC(N(C)C)C1)nn2-c1ccnc(C(C)(F)F)n1. The average Bonchev–Trinajstić information content (AvgIpc) is 2.98. The predicted octanol–water partition coefficient (Wildman–Crippen LogP) is 2.03. The van der Waals surface area contributed by atoms with Crippen LogP contribution in [0.2, 0.25) is 0 Å². The molecule has 1 fully saturated rings. The zero-order valence-electron chi connectivity index (χ0n) is 17.1. The van der Waals surface area contributed by atoms with Gasteiger partial charge in [-0.3, -0.25) is 4.79 Å². The molecule has 1 aliphatic heterocycles. The first-order chi connectivity index (χ1) is 14.1. The molecule has 4 heterocycles. The molecule has 1 N–H and O–H groups in total. The number of fused-ring (bicyclic) bond motifs is 1. The van der Waals surface area contributed by atoms with E-state index in [4.69, 9.17) is 0 Å². The summed E-state index contributed by atoms with van der Waals surface area (Å²) in [6, 6.07) is 3.58. The van der Waals surface area contributed by atoms with Crippen molar-refractivity contribution in [3.8, 4) is 5.82 Å². The zero-order valence-corrected chi connectivity index (χ0v) is 17.1. The van der Waals surface area contributed by atoms with Crippen LogP contribution in [0.1, 0.15) is 19.7 Å². The highest BCUT2D eigenvalue weighted by Gasteiger charge is 2.33. The van der Waals surface area contributed by atoms with Gasteiger partial charge in [0.25, 0.3) is 0 Å². The first-order valence-electron chi connectivity index (χ1n) is 9.43. The number of hydrogen-bond donors (Lipinski definition) is 1. The molecule has 1 aliphatic rings. The van der Waals surface area contributed by atoms with E-state index >= 15 is 0 Å². The molecule has 0 atom stereocenters. The van der Waals surface area contributed by atoms with Crippen LogP contribution in [0.5, 0.6) is 0 Å². The van der Waals surface area contributed by atoms with Gasteiger partial charge in [0.15, 0.2) is 11.6 Å². The fourth-order valence-corrected chi connectivity index (χ4v) is 3.29. The molecule has 3 aromatic rings.